The standard InChI is InChI=1S/C12H23NO3/c1-12(2,3)16-11(15)13-10(8-14)7-9-5-4-6-9/h9-10,14H,4-8H2,1-3H3,(H,13,15)/t10-/m0/s1. The molecule has 0 bridgehead atoms. The fourth-order valence-corrected chi connectivity index (χ4v) is 1.78. The Morgan fingerprint density at radius 2 is 2.12 bits per heavy atom. The minimum atomic E-state index is -0.486. The zero-order chi connectivity index (χ0) is 12.2. The van der Waals surface area contributed by atoms with Gasteiger partial charge in [-0.15, -0.1) is 0 Å². The lowest BCUT2D eigenvalue weighted by atomic mass is 9.81. The maximum atomic E-state index is 11.5. The van der Waals surface area contributed by atoms with Crippen molar-refractivity contribution >= 4 is 6.09 Å². The van der Waals surface area contributed by atoms with Crippen LogP contribution in [0.15, 0.2) is 0 Å². The van der Waals surface area contributed by atoms with Gasteiger partial charge in [-0.05, 0) is 33.1 Å². The molecular formula is C12H23NO3. The summed E-state index contributed by atoms with van der Waals surface area (Å²) in [6, 6.07) is -0.167. The smallest absolute Gasteiger partial charge is 0.407 e. The summed E-state index contributed by atoms with van der Waals surface area (Å²) in [4.78, 5) is 11.5. The summed E-state index contributed by atoms with van der Waals surface area (Å²) >= 11 is 0. The Balaban J connectivity index is 2.28. The van der Waals surface area contributed by atoms with E-state index in [1.807, 2.05) is 20.8 Å². The molecule has 1 atom stereocenters. The third-order valence-corrected chi connectivity index (χ3v) is 2.78. The van der Waals surface area contributed by atoms with Crippen LogP contribution in [0.3, 0.4) is 0 Å². The predicted molar refractivity (Wildman–Crippen MR) is 62.2 cm³/mol. The van der Waals surface area contributed by atoms with Gasteiger partial charge < -0.3 is 15.2 Å². The number of aliphatic hydroxyl groups excluding tert-OH is 1. The predicted octanol–water partition coefficient (Wildman–Crippen LogP) is 2.06. The fourth-order valence-electron chi connectivity index (χ4n) is 1.78. The molecule has 0 spiro atoms. The van der Waals surface area contributed by atoms with E-state index in [2.05, 4.69) is 5.32 Å². The van der Waals surface area contributed by atoms with Crippen molar-refractivity contribution in [3.63, 3.8) is 0 Å². The van der Waals surface area contributed by atoms with Crippen molar-refractivity contribution in [1.82, 2.24) is 5.32 Å². The number of aliphatic hydroxyl groups is 1. The van der Waals surface area contributed by atoms with Gasteiger partial charge >= 0.3 is 6.09 Å². The highest BCUT2D eigenvalue weighted by atomic mass is 16.6. The lowest BCUT2D eigenvalue weighted by Crippen LogP contribution is -2.42. The molecule has 0 radical (unpaired) electrons. The second kappa shape index (κ2) is 5.53. The number of rotatable bonds is 4. The van der Waals surface area contributed by atoms with Gasteiger partial charge in [-0.3, -0.25) is 0 Å². The fraction of sp³-hybridized carbons (Fsp3) is 0.917. The maximum absolute atomic E-state index is 11.5. The van der Waals surface area contributed by atoms with Crippen LogP contribution in [-0.2, 0) is 4.74 Å². The Morgan fingerprint density at radius 3 is 2.50 bits per heavy atom. The van der Waals surface area contributed by atoms with E-state index in [0.717, 1.165) is 6.42 Å². The highest BCUT2D eigenvalue weighted by Gasteiger charge is 2.24. The number of ether oxygens (including phenoxy) is 1. The van der Waals surface area contributed by atoms with E-state index in [-0.39, 0.29) is 12.6 Å². The van der Waals surface area contributed by atoms with Gasteiger partial charge in [-0.2, -0.15) is 0 Å². The van der Waals surface area contributed by atoms with E-state index in [4.69, 9.17) is 4.74 Å². The van der Waals surface area contributed by atoms with Crippen LogP contribution in [0, 0.1) is 5.92 Å². The Kier molecular flexibility index (Phi) is 4.59. The summed E-state index contributed by atoms with van der Waals surface area (Å²) in [5.74, 6) is 0.659. The molecule has 0 aliphatic heterocycles. The summed E-state index contributed by atoms with van der Waals surface area (Å²) in [7, 11) is 0. The van der Waals surface area contributed by atoms with Gasteiger partial charge in [0.15, 0.2) is 0 Å². The molecule has 0 heterocycles. The van der Waals surface area contributed by atoms with Crippen LogP contribution in [0.25, 0.3) is 0 Å². The first kappa shape index (κ1) is 13.3. The van der Waals surface area contributed by atoms with Crippen molar-refractivity contribution < 1.29 is 14.6 Å². The van der Waals surface area contributed by atoms with Crippen molar-refractivity contribution in [2.24, 2.45) is 5.92 Å². The molecule has 1 rings (SSSR count). The van der Waals surface area contributed by atoms with E-state index in [1.54, 1.807) is 0 Å². The largest absolute Gasteiger partial charge is 0.444 e. The number of alkyl carbamates (subject to hydrolysis) is 1. The number of hydrogen-bond donors (Lipinski definition) is 2. The van der Waals surface area contributed by atoms with Crippen LogP contribution in [0.1, 0.15) is 46.5 Å². The highest BCUT2D eigenvalue weighted by molar-refractivity contribution is 5.68. The van der Waals surface area contributed by atoms with Crippen molar-refractivity contribution in [1.29, 1.82) is 0 Å². The molecule has 4 nitrogen and oxygen atoms in total. The Labute approximate surface area is 97.4 Å². The SMILES string of the molecule is CC(C)(C)OC(=O)N[C@H](CO)CC1CCC1. The van der Waals surface area contributed by atoms with Gasteiger partial charge in [0.25, 0.3) is 0 Å². The lowest BCUT2D eigenvalue weighted by molar-refractivity contribution is 0.0464. The average Bonchev–Trinajstić information content (AvgIpc) is 2.05. The molecule has 94 valence electrons. The Hall–Kier alpha value is -0.770. The number of carbonyl (C=O) groups is 1. The minimum Gasteiger partial charge on any atom is -0.444 e. The quantitative estimate of drug-likeness (QED) is 0.775. The summed E-state index contributed by atoms with van der Waals surface area (Å²) in [5, 5.41) is 11.9. The van der Waals surface area contributed by atoms with Crippen LogP contribution in [-0.4, -0.2) is 29.4 Å². The van der Waals surface area contributed by atoms with Crippen LogP contribution in [0.5, 0.6) is 0 Å². The zero-order valence-electron chi connectivity index (χ0n) is 10.5. The van der Waals surface area contributed by atoms with Gasteiger partial charge in [-0.1, -0.05) is 19.3 Å². The molecule has 1 aliphatic rings. The second-order valence-corrected chi connectivity index (χ2v) is 5.56. The van der Waals surface area contributed by atoms with Crippen molar-refractivity contribution in [3.05, 3.63) is 0 Å². The summed E-state index contributed by atoms with van der Waals surface area (Å²) in [6.07, 6.45) is 4.12. The summed E-state index contributed by atoms with van der Waals surface area (Å²) < 4.78 is 5.14. The molecule has 0 aromatic carbocycles. The van der Waals surface area contributed by atoms with Crippen LogP contribution in [0.4, 0.5) is 4.79 Å². The molecule has 1 aliphatic carbocycles. The Morgan fingerprint density at radius 1 is 1.50 bits per heavy atom. The van der Waals surface area contributed by atoms with E-state index in [1.165, 1.54) is 19.3 Å². The van der Waals surface area contributed by atoms with Gasteiger partial charge in [-0.25, -0.2) is 4.79 Å². The van der Waals surface area contributed by atoms with E-state index in [9.17, 15) is 9.90 Å². The third-order valence-electron chi connectivity index (χ3n) is 2.78. The summed E-state index contributed by atoms with van der Waals surface area (Å²) in [6.45, 7) is 5.46. The number of amides is 1. The monoisotopic (exact) mass is 229 g/mol. The number of hydrogen-bond acceptors (Lipinski definition) is 3. The van der Waals surface area contributed by atoms with Crippen molar-refractivity contribution in [2.75, 3.05) is 6.61 Å². The average molecular weight is 229 g/mol. The van der Waals surface area contributed by atoms with Crippen LogP contribution in [0.2, 0.25) is 0 Å². The molecular weight excluding hydrogens is 206 g/mol. The van der Waals surface area contributed by atoms with E-state index >= 15 is 0 Å². The molecule has 0 aromatic heterocycles. The molecule has 0 saturated heterocycles. The molecule has 0 aromatic rings. The van der Waals surface area contributed by atoms with Crippen molar-refractivity contribution in [2.45, 2.75) is 58.1 Å². The van der Waals surface area contributed by atoms with E-state index in [0.29, 0.717) is 5.92 Å². The van der Waals surface area contributed by atoms with Gasteiger partial charge in [0.2, 0.25) is 0 Å². The van der Waals surface area contributed by atoms with Crippen LogP contribution >= 0.6 is 0 Å². The van der Waals surface area contributed by atoms with Gasteiger partial charge in [0.1, 0.15) is 5.60 Å². The number of nitrogens with one attached hydrogen (secondary N) is 1. The first-order valence-corrected chi connectivity index (χ1v) is 6.01. The molecule has 1 amide bonds. The van der Waals surface area contributed by atoms with Crippen LogP contribution < -0.4 is 5.32 Å². The minimum absolute atomic E-state index is 0.0181. The maximum Gasteiger partial charge on any atom is 0.407 e. The molecule has 1 fully saturated rings. The topological polar surface area (TPSA) is 58.6 Å². The van der Waals surface area contributed by atoms with Crippen molar-refractivity contribution in [3.8, 4) is 0 Å². The van der Waals surface area contributed by atoms with E-state index < -0.39 is 11.7 Å². The molecule has 1 saturated carbocycles. The Bertz CT molecular complexity index is 231. The first-order valence-electron chi connectivity index (χ1n) is 6.01. The normalized spacial score (nSPS) is 18.8. The molecule has 4 heteroatoms. The molecule has 16 heavy (non-hydrogen) atoms. The number of carbonyl (C=O) groups excluding carboxylic acids is 1. The van der Waals surface area contributed by atoms with Gasteiger partial charge in [0, 0.05) is 0 Å². The molecule has 2 N–H and O–H groups in total. The summed E-state index contributed by atoms with van der Waals surface area (Å²) in [5.41, 5.74) is -0.486. The zero-order valence-corrected chi connectivity index (χ0v) is 10.5. The highest BCUT2D eigenvalue weighted by Crippen LogP contribution is 2.30. The lowest BCUT2D eigenvalue weighted by Gasteiger charge is -2.30. The van der Waals surface area contributed by atoms with Gasteiger partial charge in [0.05, 0.1) is 12.6 Å². The third kappa shape index (κ3) is 4.84. The second-order valence-electron chi connectivity index (χ2n) is 5.56. The first-order chi connectivity index (χ1) is 7.40. The molecule has 0 unspecified atom stereocenters.